The van der Waals surface area contributed by atoms with Crippen LogP contribution in [0, 0.1) is 0 Å². The Hall–Kier alpha value is -0.550. The molecule has 1 atom stereocenters. The highest BCUT2D eigenvalue weighted by Crippen LogP contribution is 2.37. The van der Waals surface area contributed by atoms with Crippen LogP contribution < -0.4 is 5.32 Å². The van der Waals surface area contributed by atoms with Gasteiger partial charge in [-0.25, -0.2) is 0 Å². The first-order valence-electron chi connectivity index (χ1n) is 7.09. The van der Waals surface area contributed by atoms with Crippen LogP contribution in [0.4, 0.5) is 0 Å². The van der Waals surface area contributed by atoms with Gasteiger partial charge in [-0.1, -0.05) is 6.42 Å². The molecule has 2 fully saturated rings. The number of aromatic nitrogens is 2. The van der Waals surface area contributed by atoms with Crippen LogP contribution in [0.1, 0.15) is 55.6 Å². The Morgan fingerprint density at radius 3 is 2.94 bits per heavy atom. The molecule has 1 aromatic heterocycles. The van der Waals surface area contributed by atoms with Gasteiger partial charge in [-0.05, 0) is 44.4 Å². The Bertz CT molecular complexity index is 372. The zero-order chi connectivity index (χ0) is 12.2. The molecule has 5 heteroatoms. The van der Waals surface area contributed by atoms with Gasteiger partial charge in [0, 0.05) is 12.5 Å². The van der Waals surface area contributed by atoms with Gasteiger partial charge < -0.3 is 9.73 Å². The Kier molecular flexibility index (Phi) is 4.20. The van der Waals surface area contributed by atoms with Gasteiger partial charge in [0.25, 0.3) is 0 Å². The zero-order valence-corrected chi connectivity index (χ0v) is 11.5. The molecule has 0 spiro atoms. The van der Waals surface area contributed by atoms with E-state index < -0.39 is 0 Å². The Morgan fingerprint density at radius 1 is 1.22 bits per heavy atom. The normalized spacial score (nSPS) is 24.3. The minimum absolute atomic E-state index is 0.449. The quantitative estimate of drug-likeness (QED) is 0.803. The molecule has 2 aliphatic rings. The summed E-state index contributed by atoms with van der Waals surface area (Å²) in [7, 11) is 0. The third kappa shape index (κ3) is 3.48. The lowest BCUT2D eigenvalue weighted by molar-refractivity contribution is 0.429. The van der Waals surface area contributed by atoms with Crippen LogP contribution in [0.25, 0.3) is 0 Å². The number of nitrogens with zero attached hydrogens (tertiary/aromatic N) is 2. The van der Waals surface area contributed by atoms with E-state index in [9.17, 15) is 0 Å². The third-order valence-electron chi connectivity index (χ3n) is 3.52. The molecule has 1 aliphatic carbocycles. The van der Waals surface area contributed by atoms with Crippen molar-refractivity contribution in [3.05, 3.63) is 11.8 Å². The van der Waals surface area contributed by atoms with Gasteiger partial charge in [0.2, 0.25) is 11.8 Å². The average molecular weight is 267 g/mol. The molecule has 0 amide bonds. The molecule has 1 saturated heterocycles. The van der Waals surface area contributed by atoms with Crippen molar-refractivity contribution in [3.63, 3.8) is 0 Å². The molecule has 1 unspecified atom stereocenters. The van der Waals surface area contributed by atoms with Gasteiger partial charge in [-0.3, -0.25) is 0 Å². The molecule has 1 N–H and O–H groups in total. The summed E-state index contributed by atoms with van der Waals surface area (Å²) in [5.74, 6) is 2.90. The standard InChI is InChI=1S/C13H21N3OS/c1-2-9-18-11(4-1)13-16-15-12(17-13)5-3-8-14-10-6-7-10/h10-11,14H,1-9H2. The van der Waals surface area contributed by atoms with Crippen molar-refractivity contribution in [2.45, 2.75) is 56.2 Å². The number of nitrogens with one attached hydrogen (secondary N) is 1. The first-order chi connectivity index (χ1) is 8.92. The second kappa shape index (κ2) is 6.06. The van der Waals surface area contributed by atoms with Gasteiger partial charge in [0.05, 0.1) is 5.25 Å². The molecule has 100 valence electrons. The van der Waals surface area contributed by atoms with E-state index in [0.29, 0.717) is 5.25 Å². The van der Waals surface area contributed by atoms with Crippen LogP contribution in [0.15, 0.2) is 4.42 Å². The molecule has 3 rings (SSSR count). The summed E-state index contributed by atoms with van der Waals surface area (Å²) in [5.41, 5.74) is 0. The van der Waals surface area contributed by atoms with Crippen molar-refractivity contribution in [3.8, 4) is 0 Å². The molecule has 18 heavy (non-hydrogen) atoms. The first kappa shape index (κ1) is 12.5. The molecule has 1 saturated carbocycles. The lowest BCUT2D eigenvalue weighted by Crippen LogP contribution is -2.17. The zero-order valence-electron chi connectivity index (χ0n) is 10.7. The van der Waals surface area contributed by atoms with E-state index in [1.54, 1.807) is 0 Å². The van der Waals surface area contributed by atoms with Crippen LogP contribution in [0.2, 0.25) is 0 Å². The highest BCUT2D eigenvalue weighted by molar-refractivity contribution is 7.99. The minimum Gasteiger partial charge on any atom is -0.424 e. The SMILES string of the molecule is C1CCC(c2nnc(CCCNC3CC3)o2)SC1. The number of aryl methyl sites for hydroxylation is 1. The second-order valence-corrected chi connectivity index (χ2v) is 6.53. The number of hydrogen-bond acceptors (Lipinski definition) is 5. The Balaban J connectivity index is 1.43. The van der Waals surface area contributed by atoms with Crippen LogP contribution in [0.5, 0.6) is 0 Å². The molecule has 0 radical (unpaired) electrons. The van der Waals surface area contributed by atoms with Gasteiger partial charge in [-0.15, -0.1) is 22.0 Å². The smallest absolute Gasteiger partial charge is 0.229 e. The fourth-order valence-corrected chi connectivity index (χ4v) is 3.49. The second-order valence-electron chi connectivity index (χ2n) is 5.22. The predicted molar refractivity (Wildman–Crippen MR) is 72.7 cm³/mol. The van der Waals surface area contributed by atoms with Crippen molar-refractivity contribution in [2.24, 2.45) is 0 Å². The van der Waals surface area contributed by atoms with E-state index in [1.165, 1.54) is 37.9 Å². The molecule has 0 bridgehead atoms. The van der Waals surface area contributed by atoms with E-state index in [4.69, 9.17) is 4.42 Å². The predicted octanol–water partition coefficient (Wildman–Crippen LogP) is 2.71. The lowest BCUT2D eigenvalue weighted by atomic mass is 10.2. The lowest BCUT2D eigenvalue weighted by Gasteiger charge is -2.17. The van der Waals surface area contributed by atoms with E-state index in [2.05, 4.69) is 15.5 Å². The fourth-order valence-electron chi connectivity index (χ4n) is 2.27. The highest BCUT2D eigenvalue weighted by atomic mass is 32.2. The van der Waals surface area contributed by atoms with E-state index in [-0.39, 0.29) is 0 Å². The van der Waals surface area contributed by atoms with Crippen molar-refractivity contribution in [1.82, 2.24) is 15.5 Å². The van der Waals surface area contributed by atoms with Crippen LogP contribution in [-0.2, 0) is 6.42 Å². The van der Waals surface area contributed by atoms with Crippen LogP contribution in [0.3, 0.4) is 0 Å². The first-order valence-corrected chi connectivity index (χ1v) is 8.14. The maximum atomic E-state index is 5.77. The van der Waals surface area contributed by atoms with Crippen molar-refractivity contribution in [2.75, 3.05) is 12.3 Å². The van der Waals surface area contributed by atoms with E-state index in [0.717, 1.165) is 37.2 Å². The van der Waals surface area contributed by atoms with Gasteiger partial charge in [-0.2, -0.15) is 0 Å². The number of rotatable bonds is 6. The average Bonchev–Trinajstić information content (AvgIpc) is 3.12. The topological polar surface area (TPSA) is 51.0 Å². The highest BCUT2D eigenvalue weighted by Gasteiger charge is 2.22. The summed E-state index contributed by atoms with van der Waals surface area (Å²) in [4.78, 5) is 0. The summed E-state index contributed by atoms with van der Waals surface area (Å²) in [5, 5.41) is 12.3. The Morgan fingerprint density at radius 2 is 2.17 bits per heavy atom. The largest absolute Gasteiger partial charge is 0.424 e. The number of hydrogen-bond donors (Lipinski definition) is 1. The summed E-state index contributed by atoms with van der Waals surface area (Å²) in [6.07, 6.45) is 8.51. The summed E-state index contributed by atoms with van der Waals surface area (Å²) in [6.45, 7) is 1.07. The van der Waals surface area contributed by atoms with Gasteiger partial charge >= 0.3 is 0 Å². The van der Waals surface area contributed by atoms with Gasteiger partial charge in [0.15, 0.2) is 0 Å². The number of thioether (sulfide) groups is 1. The monoisotopic (exact) mass is 267 g/mol. The molecule has 2 heterocycles. The third-order valence-corrected chi connectivity index (χ3v) is 4.88. The summed E-state index contributed by atoms with van der Waals surface area (Å²) in [6, 6.07) is 0.793. The molecule has 4 nitrogen and oxygen atoms in total. The minimum atomic E-state index is 0.449. The van der Waals surface area contributed by atoms with Crippen molar-refractivity contribution < 1.29 is 4.42 Å². The van der Waals surface area contributed by atoms with Crippen molar-refractivity contribution >= 4 is 11.8 Å². The molecule has 1 aromatic rings. The van der Waals surface area contributed by atoms with E-state index in [1.807, 2.05) is 11.8 Å². The van der Waals surface area contributed by atoms with Crippen molar-refractivity contribution in [1.29, 1.82) is 0 Å². The maximum Gasteiger partial charge on any atom is 0.229 e. The van der Waals surface area contributed by atoms with Crippen LogP contribution >= 0.6 is 11.8 Å². The fraction of sp³-hybridized carbons (Fsp3) is 0.846. The molecular weight excluding hydrogens is 246 g/mol. The maximum absolute atomic E-state index is 5.77. The molecule has 1 aliphatic heterocycles. The van der Waals surface area contributed by atoms with E-state index >= 15 is 0 Å². The summed E-state index contributed by atoms with van der Waals surface area (Å²) < 4.78 is 5.77. The molecule has 0 aromatic carbocycles. The van der Waals surface area contributed by atoms with Gasteiger partial charge in [0.1, 0.15) is 0 Å². The summed E-state index contributed by atoms with van der Waals surface area (Å²) >= 11 is 1.96. The van der Waals surface area contributed by atoms with Crippen LogP contribution in [-0.4, -0.2) is 28.5 Å². The Labute approximate surface area is 112 Å². The molecular formula is C13H21N3OS.